The lowest BCUT2D eigenvalue weighted by atomic mass is 10.1. The van der Waals surface area contributed by atoms with Gasteiger partial charge in [-0.1, -0.05) is 38.5 Å². The van der Waals surface area contributed by atoms with Crippen LogP contribution in [0.25, 0.3) is 0 Å². The molecule has 0 fully saturated rings. The van der Waals surface area contributed by atoms with Gasteiger partial charge in [0.15, 0.2) is 4.21 Å². The monoisotopic (exact) mass is 292 g/mol. The van der Waals surface area contributed by atoms with Gasteiger partial charge in [-0.15, -0.1) is 0 Å². The molecule has 1 heterocycles. The van der Waals surface area contributed by atoms with Crippen molar-refractivity contribution in [1.29, 1.82) is 0 Å². The molecule has 1 N–H and O–H groups in total. The van der Waals surface area contributed by atoms with E-state index in [1.54, 1.807) is 6.92 Å². The van der Waals surface area contributed by atoms with E-state index in [1.807, 2.05) is 20.8 Å². The summed E-state index contributed by atoms with van der Waals surface area (Å²) in [6.07, 6.45) is 0.925. The first-order valence-corrected chi connectivity index (χ1v) is 8.28. The molecule has 1 aromatic rings. The van der Waals surface area contributed by atoms with Crippen LogP contribution in [-0.2, 0) is 10.0 Å². The van der Waals surface area contributed by atoms with Gasteiger partial charge < -0.3 is 4.98 Å². The fraction of sp³-hybridized carbons (Fsp3) is 0.727. The molecule has 1 rings (SSSR count). The summed E-state index contributed by atoms with van der Waals surface area (Å²) in [6, 6.07) is 0. The van der Waals surface area contributed by atoms with Crippen molar-refractivity contribution in [2.75, 3.05) is 13.1 Å². The lowest BCUT2D eigenvalue weighted by molar-refractivity contribution is 0.362. The molecule has 1 atom stereocenters. The fourth-order valence-electron chi connectivity index (χ4n) is 1.63. The first-order chi connectivity index (χ1) is 8.32. The highest BCUT2D eigenvalue weighted by molar-refractivity contribution is 7.91. The van der Waals surface area contributed by atoms with Gasteiger partial charge in [0.05, 0.1) is 0 Å². The highest BCUT2D eigenvalue weighted by Gasteiger charge is 2.28. The van der Waals surface area contributed by atoms with Gasteiger partial charge in [0.25, 0.3) is 10.0 Å². The Kier molecular flexibility index (Phi) is 5.12. The number of aromatic amines is 1. The van der Waals surface area contributed by atoms with Crippen LogP contribution in [0.1, 0.15) is 32.9 Å². The molecule has 1 aromatic heterocycles. The van der Waals surface area contributed by atoms with E-state index in [4.69, 9.17) is 0 Å². The van der Waals surface area contributed by atoms with Crippen LogP contribution in [0.4, 0.5) is 0 Å². The quantitative estimate of drug-likeness (QED) is 0.869. The molecule has 0 spiro atoms. The molecular formula is C11H20N2O3S2. The molecule has 0 radical (unpaired) electrons. The molecular weight excluding hydrogens is 272 g/mol. The molecule has 104 valence electrons. The van der Waals surface area contributed by atoms with Gasteiger partial charge in [-0.2, -0.15) is 4.31 Å². The van der Waals surface area contributed by atoms with Crippen molar-refractivity contribution >= 4 is 21.4 Å². The van der Waals surface area contributed by atoms with Crippen molar-refractivity contribution in [2.45, 2.75) is 38.3 Å². The molecule has 0 amide bonds. The number of hydrogen-bond acceptors (Lipinski definition) is 4. The summed E-state index contributed by atoms with van der Waals surface area (Å²) < 4.78 is 26.4. The van der Waals surface area contributed by atoms with Crippen molar-refractivity contribution in [3.05, 3.63) is 15.4 Å². The maximum Gasteiger partial charge on any atom is 0.305 e. The van der Waals surface area contributed by atoms with E-state index in [0.29, 0.717) is 24.7 Å². The average molecular weight is 292 g/mol. The normalized spacial score (nSPS) is 14.1. The molecule has 0 aliphatic carbocycles. The third-order valence-electron chi connectivity index (χ3n) is 2.92. The molecule has 0 saturated carbocycles. The minimum absolute atomic E-state index is 0.137. The van der Waals surface area contributed by atoms with E-state index in [0.717, 1.165) is 17.8 Å². The minimum atomic E-state index is -3.55. The molecule has 5 nitrogen and oxygen atoms in total. The van der Waals surface area contributed by atoms with Gasteiger partial charge in [0.1, 0.15) is 0 Å². The Morgan fingerprint density at radius 2 is 2.00 bits per heavy atom. The third kappa shape index (κ3) is 3.21. The molecule has 0 aliphatic rings. The second-order valence-electron chi connectivity index (χ2n) is 4.40. The van der Waals surface area contributed by atoms with Gasteiger partial charge >= 0.3 is 4.87 Å². The zero-order valence-corrected chi connectivity index (χ0v) is 12.8. The van der Waals surface area contributed by atoms with Crippen LogP contribution in [-0.4, -0.2) is 30.8 Å². The predicted octanol–water partition coefficient (Wildman–Crippen LogP) is 1.80. The molecule has 18 heavy (non-hydrogen) atoms. The van der Waals surface area contributed by atoms with Crippen LogP contribution in [0.2, 0.25) is 0 Å². The van der Waals surface area contributed by atoms with Crippen molar-refractivity contribution in [2.24, 2.45) is 5.92 Å². The molecule has 7 heteroatoms. The van der Waals surface area contributed by atoms with Crippen LogP contribution in [0.15, 0.2) is 9.00 Å². The minimum Gasteiger partial charge on any atom is -0.315 e. The molecule has 0 aromatic carbocycles. The lowest BCUT2D eigenvalue weighted by Crippen LogP contribution is -2.34. The van der Waals surface area contributed by atoms with E-state index in [2.05, 4.69) is 4.98 Å². The molecule has 0 bridgehead atoms. The Labute approximate surface area is 112 Å². The SMILES string of the molecule is CCC(C)CN(CC)S(=O)(=O)c1sc(=O)[nH]c1C. The van der Waals surface area contributed by atoms with Crippen LogP contribution >= 0.6 is 11.3 Å². The zero-order valence-electron chi connectivity index (χ0n) is 11.2. The van der Waals surface area contributed by atoms with Crippen LogP contribution < -0.4 is 4.87 Å². The zero-order chi connectivity index (χ0) is 13.9. The second-order valence-corrected chi connectivity index (χ2v) is 7.51. The molecule has 0 saturated heterocycles. The van der Waals surface area contributed by atoms with Gasteiger partial charge in [0.2, 0.25) is 0 Å². The smallest absolute Gasteiger partial charge is 0.305 e. The number of sulfonamides is 1. The van der Waals surface area contributed by atoms with Crippen LogP contribution in [0, 0.1) is 12.8 Å². The predicted molar refractivity (Wildman–Crippen MR) is 73.6 cm³/mol. The number of H-pyrrole nitrogens is 1. The number of hydrogen-bond donors (Lipinski definition) is 1. The fourth-order valence-corrected chi connectivity index (χ4v) is 4.63. The third-order valence-corrected chi connectivity index (χ3v) is 6.44. The van der Waals surface area contributed by atoms with Gasteiger partial charge in [-0.25, -0.2) is 8.42 Å². The van der Waals surface area contributed by atoms with Crippen LogP contribution in [0.3, 0.4) is 0 Å². The average Bonchev–Trinajstić information content (AvgIpc) is 2.65. The summed E-state index contributed by atoms with van der Waals surface area (Å²) >= 11 is 0.759. The number of thiazole rings is 1. The van der Waals surface area contributed by atoms with Gasteiger partial charge in [-0.05, 0) is 12.8 Å². The molecule has 1 unspecified atom stereocenters. The number of nitrogens with zero attached hydrogens (tertiary/aromatic N) is 1. The van der Waals surface area contributed by atoms with Crippen molar-refractivity contribution < 1.29 is 8.42 Å². The summed E-state index contributed by atoms with van der Waals surface area (Å²) in [5, 5.41) is 0. The number of aromatic nitrogens is 1. The highest BCUT2D eigenvalue weighted by atomic mass is 32.2. The first-order valence-electron chi connectivity index (χ1n) is 6.02. The van der Waals surface area contributed by atoms with E-state index >= 15 is 0 Å². The van der Waals surface area contributed by atoms with Crippen LogP contribution in [0.5, 0.6) is 0 Å². The highest BCUT2D eigenvalue weighted by Crippen LogP contribution is 2.22. The second kappa shape index (κ2) is 5.99. The Balaban J connectivity index is 3.11. The summed E-state index contributed by atoms with van der Waals surface area (Å²) in [4.78, 5) is 13.4. The summed E-state index contributed by atoms with van der Waals surface area (Å²) in [6.45, 7) is 8.38. The number of nitrogens with one attached hydrogen (secondary N) is 1. The van der Waals surface area contributed by atoms with E-state index in [1.165, 1.54) is 4.31 Å². The molecule has 0 aliphatic heterocycles. The van der Waals surface area contributed by atoms with E-state index < -0.39 is 10.0 Å². The van der Waals surface area contributed by atoms with E-state index in [9.17, 15) is 13.2 Å². The van der Waals surface area contributed by atoms with Gasteiger partial charge in [0, 0.05) is 18.8 Å². The first kappa shape index (κ1) is 15.4. The van der Waals surface area contributed by atoms with Crippen molar-refractivity contribution in [3.63, 3.8) is 0 Å². The number of rotatable bonds is 6. The Bertz CT molecular complexity index is 545. The number of aryl methyl sites for hydroxylation is 1. The van der Waals surface area contributed by atoms with E-state index in [-0.39, 0.29) is 9.08 Å². The maximum atomic E-state index is 12.4. The van der Waals surface area contributed by atoms with Crippen molar-refractivity contribution in [3.8, 4) is 0 Å². The summed E-state index contributed by atoms with van der Waals surface area (Å²) in [7, 11) is -3.55. The maximum absolute atomic E-state index is 12.4. The standard InChI is InChI=1S/C11H20N2O3S2/c1-5-8(3)7-13(6-2)18(15,16)10-9(4)12-11(14)17-10/h8H,5-7H2,1-4H3,(H,12,14). The topological polar surface area (TPSA) is 70.2 Å². The summed E-state index contributed by atoms with van der Waals surface area (Å²) in [5.41, 5.74) is 0.424. The van der Waals surface area contributed by atoms with Gasteiger partial charge in [-0.3, -0.25) is 4.79 Å². The largest absolute Gasteiger partial charge is 0.315 e. The Hall–Kier alpha value is -0.660. The lowest BCUT2D eigenvalue weighted by Gasteiger charge is -2.22. The Morgan fingerprint density at radius 3 is 2.39 bits per heavy atom. The summed E-state index contributed by atoms with van der Waals surface area (Å²) in [5.74, 6) is 0.302. The Morgan fingerprint density at radius 1 is 1.39 bits per heavy atom. The van der Waals surface area contributed by atoms with Crippen molar-refractivity contribution in [1.82, 2.24) is 9.29 Å².